The molecule has 8 heteroatoms. The van der Waals surface area contributed by atoms with Crippen LogP contribution in [0.15, 0.2) is 0 Å². The molecule has 0 aromatic carbocycles. The Balaban J connectivity index is 2.50. The van der Waals surface area contributed by atoms with Gasteiger partial charge < -0.3 is 4.74 Å². The van der Waals surface area contributed by atoms with Crippen molar-refractivity contribution in [3.63, 3.8) is 0 Å². The molecule has 1 amide bonds. The van der Waals surface area contributed by atoms with Gasteiger partial charge in [-0.1, -0.05) is 5.10 Å². The lowest BCUT2D eigenvalue weighted by Gasteiger charge is -1.97. The van der Waals surface area contributed by atoms with Crippen LogP contribution in [0.5, 0.6) is 0 Å². The molecule has 0 bridgehead atoms. The molecule has 8 nitrogen and oxygen atoms in total. The minimum absolute atomic E-state index is 0.0738. The van der Waals surface area contributed by atoms with Gasteiger partial charge >= 0.3 is 5.97 Å². The number of nitrogens with zero attached hydrogens (tertiary/aromatic N) is 4. The SMILES string of the molecule is CC(=O)Nc1nnn(COC(C)=O)n1. The second kappa shape index (κ2) is 4.30. The van der Waals surface area contributed by atoms with Crippen LogP contribution in [0.4, 0.5) is 5.95 Å². The Kier molecular flexibility index (Phi) is 3.10. The average molecular weight is 199 g/mol. The lowest BCUT2D eigenvalue weighted by Crippen LogP contribution is -2.10. The Labute approximate surface area is 79.2 Å². The number of hydrogen-bond acceptors (Lipinski definition) is 6. The van der Waals surface area contributed by atoms with E-state index in [1.807, 2.05) is 0 Å². The third-order valence-electron chi connectivity index (χ3n) is 1.12. The first kappa shape index (κ1) is 10.1. The van der Waals surface area contributed by atoms with Crippen LogP contribution in [0.2, 0.25) is 0 Å². The molecule has 0 aliphatic carbocycles. The zero-order valence-electron chi connectivity index (χ0n) is 7.72. The van der Waals surface area contributed by atoms with Crippen LogP contribution < -0.4 is 5.32 Å². The largest absolute Gasteiger partial charge is 0.441 e. The topological polar surface area (TPSA) is 99.0 Å². The van der Waals surface area contributed by atoms with Crippen molar-refractivity contribution in [2.75, 3.05) is 5.32 Å². The molecule has 14 heavy (non-hydrogen) atoms. The number of hydrogen-bond donors (Lipinski definition) is 1. The van der Waals surface area contributed by atoms with E-state index in [0.29, 0.717) is 0 Å². The lowest BCUT2D eigenvalue weighted by atomic mass is 10.7. The fraction of sp³-hybridized carbons (Fsp3) is 0.500. The quantitative estimate of drug-likeness (QED) is 0.636. The summed E-state index contributed by atoms with van der Waals surface area (Å²) < 4.78 is 4.59. The van der Waals surface area contributed by atoms with Gasteiger partial charge in [0.2, 0.25) is 12.6 Å². The van der Waals surface area contributed by atoms with Gasteiger partial charge in [-0.3, -0.25) is 14.9 Å². The highest BCUT2D eigenvalue weighted by atomic mass is 16.5. The van der Waals surface area contributed by atoms with Gasteiger partial charge in [0, 0.05) is 13.8 Å². The van der Waals surface area contributed by atoms with Crippen LogP contribution in [-0.2, 0) is 21.1 Å². The highest BCUT2D eigenvalue weighted by molar-refractivity contribution is 5.86. The number of anilines is 1. The number of tetrazole rings is 1. The second-order valence-corrected chi connectivity index (χ2v) is 2.43. The van der Waals surface area contributed by atoms with Gasteiger partial charge in [0.1, 0.15) is 0 Å². The number of amides is 1. The Hall–Kier alpha value is -1.99. The lowest BCUT2D eigenvalue weighted by molar-refractivity contribution is -0.145. The van der Waals surface area contributed by atoms with Gasteiger partial charge in [0.15, 0.2) is 0 Å². The summed E-state index contributed by atoms with van der Waals surface area (Å²) in [7, 11) is 0. The summed E-state index contributed by atoms with van der Waals surface area (Å²) in [6.07, 6.45) is 0. The molecule has 0 spiro atoms. The second-order valence-electron chi connectivity index (χ2n) is 2.43. The summed E-state index contributed by atoms with van der Waals surface area (Å²) in [5, 5.41) is 13.1. The number of ether oxygens (including phenoxy) is 1. The van der Waals surface area contributed by atoms with Gasteiger partial charge in [-0.25, -0.2) is 0 Å². The van der Waals surface area contributed by atoms with Crippen molar-refractivity contribution < 1.29 is 14.3 Å². The number of nitrogens with one attached hydrogen (secondary N) is 1. The smallest absolute Gasteiger partial charge is 0.304 e. The van der Waals surface area contributed by atoms with E-state index in [4.69, 9.17) is 0 Å². The van der Waals surface area contributed by atoms with E-state index in [2.05, 4.69) is 25.5 Å². The van der Waals surface area contributed by atoms with Crippen molar-refractivity contribution in [1.29, 1.82) is 0 Å². The Bertz CT molecular complexity index is 347. The summed E-state index contributed by atoms with van der Waals surface area (Å²) >= 11 is 0. The number of esters is 1. The molecule has 1 rings (SSSR count). The van der Waals surface area contributed by atoms with Crippen molar-refractivity contribution in [2.24, 2.45) is 0 Å². The van der Waals surface area contributed by atoms with Crippen molar-refractivity contribution in [3.05, 3.63) is 0 Å². The monoisotopic (exact) mass is 199 g/mol. The highest BCUT2D eigenvalue weighted by Crippen LogP contribution is 1.93. The fourth-order valence-electron chi connectivity index (χ4n) is 0.654. The molecule has 0 atom stereocenters. The van der Waals surface area contributed by atoms with Crippen molar-refractivity contribution in [3.8, 4) is 0 Å². The van der Waals surface area contributed by atoms with Crippen LogP contribution in [0.25, 0.3) is 0 Å². The zero-order valence-corrected chi connectivity index (χ0v) is 7.72. The first-order valence-electron chi connectivity index (χ1n) is 3.76. The molecule has 1 heterocycles. The molecule has 0 saturated carbocycles. The van der Waals surface area contributed by atoms with E-state index in [1.54, 1.807) is 0 Å². The van der Waals surface area contributed by atoms with Crippen LogP contribution >= 0.6 is 0 Å². The minimum Gasteiger partial charge on any atom is -0.441 e. The number of aromatic nitrogens is 4. The van der Waals surface area contributed by atoms with Gasteiger partial charge in [-0.2, -0.15) is 0 Å². The third kappa shape index (κ3) is 3.17. The van der Waals surface area contributed by atoms with E-state index in [-0.39, 0.29) is 18.6 Å². The average Bonchev–Trinajstić information content (AvgIpc) is 2.47. The molecule has 0 saturated heterocycles. The molecular weight excluding hydrogens is 190 g/mol. The molecule has 1 aromatic heterocycles. The molecule has 76 valence electrons. The van der Waals surface area contributed by atoms with Gasteiger partial charge in [-0.05, 0) is 5.21 Å². The predicted octanol–water partition coefficient (Wildman–Crippen LogP) is -0.848. The maximum absolute atomic E-state index is 10.6. The van der Waals surface area contributed by atoms with E-state index in [9.17, 15) is 9.59 Å². The van der Waals surface area contributed by atoms with Crippen molar-refractivity contribution >= 4 is 17.8 Å². The number of rotatable bonds is 3. The fourth-order valence-corrected chi connectivity index (χ4v) is 0.654. The Morgan fingerprint density at radius 1 is 1.50 bits per heavy atom. The normalized spacial score (nSPS) is 9.57. The highest BCUT2D eigenvalue weighted by Gasteiger charge is 2.04. The minimum atomic E-state index is -0.441. The maximum atomic E-state index is 10.6. The summed E-state index contributed by atoms with van der Waals surface area (Å²) in [6.45, 7) is 2.47. The van der Waals surface area contributed by atoms with E-state index >= 15 is 0 Å². The Morgan fingerprint density at radius 2 is 2.21 bits per heavy atom. The number of carbonyl (C=O) groups excluding carboxylic acids is 2. The van der Waals surface area contributed by atoms with E-state index in [1.165, 1.54) is 13.8 Å². The molecule has 1 N–H and O–H groups in total. The molecule has 1 aromatic rings. The molecule has 0 unspecified atom stereocenters. The zero-order chi connectivity index (χ0) is 10.6. The van der Waals surface area contributed by atoms with E-state index < -0.39 is 5.97 Å². The summed E-state index contributed by atoms with van der Waals surface area (Å²) in [5.74, 6) is -0.662. The van der Waals surface area contributed by atoms with Crippen LogP contribution in [0.1, 0.15) is 13.8 Å². The molecule has 0 aliphatic rings. The van der Waals surface area contributed by atoms with Crippen LogP contribution in [0, 0.1) is 0 Å². The summed E-state index contributed by atoms with van der Waals surface area (Å²) in [4.78, 5) is 22.0. The third-order valence-corrected chi connectivity index (χ3v) is 1.12. The first-order chi connectivity index (χ1) is 6.58. The van der Waals surface area contributed by atoms with Crippen molar-refractivity contribution in [1.82, 2.24) is 20.2 Å². The summed E-state index contributed by atoms with van der Waals surface area (Å²) in [5.41, 5.74) is 0. The first-order valence-corrected chi connectivity index (χ1v) is 3.76. The summed E-state index contributed by atoms with van der Waals surface area (Å²) in [6, 6.07) is 0. The van der Waals surface area contributed by atoms with Gasteiger partial charge in [-0.15, -0.1) is 9.90 Å². The standard InChI is InChI=1S/C6H9N5O3/c1-4(12)7-6-8-10-11(9-6)3-14-5(2)13/h3H2,1-2H3,(H,7,9,12). The van der Waals surface area contributed by atoms with Crippen LogP contribution in [-0.4, -0.2) is 32.1 Å². The molecule has 0 fully saturated rings. The Morgan fingerprint density at radius 3 is 2.79 bits per heavy atom. The van der Waals surface area contributed by atoms with Crippen molar-refractivity contribution in [2.45, 2.75) is 20.6 Å². The maximum Gasteiger partial charge on any atom is 0.304 e. The molecule has 0 radical (unpaired) electrons. The van der Waals surface area contributed by atoms with Gasteiger partial charge in [0.25, 0.3) is 5.95 Å². The molecular formula is C6H9N5O3. The van der Waals surface area contributed by atoms with E-state index in [0.717, 1.165) is 4.80 Å². The number of carbonyl (C=O) groups is 2. The molecule has 0 aliphatic heterocycles. The van der Waals surface area contributed by atoms with Crippen LogP contribution in [0.3, 0.4) is 0 Å². The predicted molar refractivity (Wildman–Crippen MR) is 43.9 cm³/mol. The van der Waals surface area contributed by atoms with Gasteiger partial charge in [0.05, 0.1) is 0 Å².